The summed E-state index contributed by atoms with van der Waals surface area (Å²) in [5, 5.41) is 15.4. The predicted octanol–water partition coefficient (Wildman–Crippen LogP) is -0.539. The molecular formula is C21H26N4O4. The molecule has 1 spiro atoms. The minimum absolute atomic E-state index is 0.137. The van der Waals surface area contributed by atoms with Crippen molar-refractivity contribution in [1.29, 1.82) is 0 Å². The van der Waals surface area contributed by atoms with E-state index in [1.807, 2.05) is 12.1 Å². The zero-order valence-corrected chi connectivity index (χ0v) is 16.3. The highest BCUT2D eigenvalue weighted by atomic mass is 16.3. The Morgan fingerprint density at radius 3 is 2.69 bits per heavy atom. The molecule has 1 aromatic rings. The van der Waals surface area contributed by atoms with E-state index in [0.717, 1.165) is 43.9 Å². The Morgan fingerprint density at radius 1 is 1.21 bits per heavy atom. The average molecular weight is 398 g/mol. The molecule has 0 bridgehead atoms. The molecule has 4 heterocycles. The van der Waals surface area contributed by atoms with Crippen molar-refractivity contribution in [2.75, 3.05) is 32.8 Å². The number of nitrogens with zero attached hydrogens (tertiary/aromatic N) is 2. The van der Waals surface area contributed by atoms with E-state index in [4.69, 9.17) is 0 Å². The van der Waals surface area contributed by atoms with E-state index >= 15 is 0 Å². The number of amides is 3. The van der Waals surface area contributed by atoms with Crippen LogP contribution in [-0.2, 0) is 22.7 Å². The van der Waals surface area contributed by atoms with Crippen LogP contribution in [0.25, 0.3) is 0 Å². The molecule has 0 aliphatic carbocycles. The molecule has 3 fully saturated rings. The molecular weight excluding hydrogens is 372 g/mol. The maximum absolute atomic E-state index is 12.8. The number of carbonyl (C=O) groups is 3. The summed E-state index contributed by atoms with van der Waals surface area (Å²) >= 11 is 0. The molecule has 4 aliphatic heterocycles. The molecule has 2 atom stereocenters. The van der Waals surface area contributed by atoms with Crippen LogP contribution in [0.4, 0.5) is 0 Å². The highest BCUT2D eigenvalue weighted by Crippen LogP contribution is 2.40. The van der Waals surface area contributed by atoms with E-state index < -0.39 is 6.04 Å². The molecule has 5 rings (SSSR count). The van der Waals surface area contributed by atoms with E-state index in [9.17, 15) is 19.5 Å². The Hall–Kier alpha value is -2.29. The average Bonchev–Trinajstić information content (AvgIpc) is 3.20. The zero-order chi connectivity index (χ0) is 20.2. The molecule has 154 valence electrons. The minimum Gasteiger partial charge on any atom is -0.396 e. The van der Waals surface area contributed by atoms with Crippen LogP contribution in [0, 0.1) is 11.3 Å². The van der Waals surface area contributed by atoms with Crippen molar-refractivity contribution in [2.45, 2.75) is 32.0 Å². The van der Waals surface area contributed by atoms with Crippen LogP contribution in [0.5, 0.6) is 0 Å². The monoisotopic (exact) mass is 398 g/mol. The highest BCUT2D eigenvalue weighted by Gasteiger charge is 2.50. The Bertz CT molecular complexity index is 881. The minimum atomic E-state index is -0.578. The Kier molecular flexibility index (Phi) is 4.45. The Labute approximate surface area is 169 Å². The summed E-state index contributed by atoms with van der Waals surface area (Å²) in [6.07, 6.45) is 0.642. The largest absolute Gasteiger partial charge is 0.396 e. The second-order valence-corrected chi connectivity index (χ2v) is 8.91. The lowest BCUT2D eigenvalue weighted by atomic mass is 9.73. The van der Waals surface area contributed by atoms with Crippen molar-refractivity contribution in [2.24, 2.45) is 11.3 Å². The molecule has 3 amide bonds. The molecule has 4 aliphatic rings. The van der Waals surface area contributed by atoms with Gasteiger partial charge in [0.05, 0.1) is 0 Å². The van der Waals surface area contributed by atoms with Crippen molar-refractivity contribution in [3.05, 3.63) is 34.9 Å². The van der Waals surface area contributed by atoms with Crippen LogP contribution in [0.15, 0.2) is 18.2 Å². The van der Waals surface area contributed by atoms with Crippen molar-refractivity contribution >= 4 is 17.7 Å². The quantitative estimate of drug-likeness (QED) is 0.589. The SMILES string of the molecule is O=C1CCC(N2Cc3cc(CN4CC(CO)C5(CNC5)C4)ccc3C2=O)C(=O)N1. The van der Waals surface area contributed by atoms with Gasteiger partial charge < -0.3 is 15.3 Å². The summed E-state index contributed by atoms with van der Waals surface area (Å²) in [6.45, 7) is 5.21. The van der Waals surface area contributed by atoms with Gasteiger partial charge in [-0.25, -0.2) is 0 Å². The molecule has 2 unspecified atom stereocenters. The number of imide groups is 1. The maximum atomic E-state index is 12.8. The smallest absolute Gasteiger partial charge is 0.255 e. The first-order chi connectivity index (χ1) is 14.0. The topological polar surface area (TPSA) is 102 Å². The van der Waals surface area contributed by atoms with Gasteiger partial charge in [-0.1, -0.05) is 12.1 Å². The number of aliphatic hydroxyl groups is 1. The third-order valence-electron chi connectivity index (χ3n) is 7.05. The summed E-state index contributed by atoms with van der Waals surface area (Å²) in [5.41, 5.74) is 2.93. The summed E-state index contributed by atoms with van der Waals surface area (Å²) in [6, 6.07) is 5.34. The second-order valence-electron chi connectivity index (χ2n) is 8.91. The van der Waals surface area contributed by atoms with Crippen LogP contribution in [0.1, 0.15) is 34.3 Å². The number of fused-ring (bicyclic) bond motifs is 1. The van der Waals surface area contributed by atoms with E-state index in [1.54, 1.807) is 4.90 Å². The molecule has 0 saturated carbocycles. The van der Waals surface area contributed by atoms with Gasteiger partial charge in [-0.05, 0) is 23.6 Å². The fraction of sp³-hybridized carbons (Fsp3) is 0.571. The van der Waals surface area contributed by atoms with Gasteiger partial charge in [0.25, 0.3) is 5.91 Å². The molecule has 3 N–H and O–H groups in total. The molecule has 0 aromatic heterocycles. The van der Waals surface area contributed by atoms with Crippen LogP contribution in [0.2, 0.25) is 0 Å². The van der Waals surface area contributed by atoms with Crippen molar-refractivity contribution in [3.8, 4) is 0 Å². The van der Waals surface area contributed by atoms with E-state index in [2.05, 4.69) is 21.6 Å². The number of nitrogens with one attached hydrogen (secondary N) is 2. The van der Waals surface area contributed by atoms with E-state index in [-0.39, 0.29) is 36.2 Å². The van der Waals surface area contributed by atoms with Gasteiger partial charge >= 0.3 is 0 Å². The van der Waals surface area contributed by atoms with Crippen molar-refractivity contribution in [3.63, 3.8) is 0 Å². The van der Waals surface area contributed by atoms with E-state index in [1.165, 1.54) is 0 Å². The lowest BCUT2D eigenvalue weighted by molar-refractivity contribution is -0.136. The van der Waals surface area contributed by atoms with Crippen LogP contribution in [-0.4, -0.2) is 71.5 Å². The van der Waals surface area contributed by atoms with Gasteiger partial charge in [0.1, 0.15) is 6.04 Å². The second kappa shape index (κ2) is 6.90. The number of piperidine rings is 1. The first-order valence-corrected chi connectivity index (χ1v) is 10.3. The summed E-state index contributed by atoms with van der Waals surface area (Å²) in [4.78, 5) is 40.4. The fourth-order valence-corrected chi connectivity index (χ4v) is 5.35. The zero-order valence-electron chi connectivity index (χ0n) is 16.3. The lowest BCUT2D eigenvalue weighted by Gasteiger charge is -2.43. The number of likely N-dealkylation sites (tertiary alicyclic amines) is 1. The highest BCUT2D eigenvalue weighted by molar-refractivity contribution is 6.05. The van der Waals surface area contributed by atoms with Crippen molar-refractivity contribution in [1.82, 2.24) is 20.4 Å². The molecule has 0 radical (unpaired) electrons. The fourth-order valence-electron chi connectivity index (χ4n) is 5.35. The summed E-state index contributed by atoms with van der Waals surface area (Å²) in [5.74, 6) is -0.483. The van der Waals surface area contributed by atoms with Crippen LogP contribution >= 0.6 is 0 Å². The van der Waals surface area contributed by atoms with Crippen molar-refractivity contribution < 1.29 is 19.5 Å². The molecule has 29 heavy (non-hydrogen) atoms. The number of hydrogen-bond donors (Lipinski definition) is 3. The third kappa shape index (κ3) is 3.06. The van der Waals surface area contributed by atoms with Gasteiger partial charge in [-0.15, -0.1) is 0 Å². The molecule has 8 heteroatoms. The number of aliphatic hydroxyl groups excluding tert-OH is 1. The van der Waals surface area contributed by atoms with Crippen LogP contribution < -0.4 is 10.6 Å². The van der Waals surface area contributed by atoms with Gasteiger partial charge in [-0.2, -0.15) is 0 Å². The van der Waals surface area contributed by atoms with Gasteiger partial charge in [0.2, 0.25) is 11.8 Å². The number of carbonyl (C=O) groups excluding carboxylic acids is 3. The number of rotatable bonds is 4. The molecule has 8 nitrogen and oxygen atoms in total. The summed E-state index contributed by atoms with van der Waals surface area (Å²) in [7, 11) is 0. The molecule has 1 aromatic carbocycles. The van der Waals surface area contributed by atoms with Gasteiger partial charge in [0.15, 0.2) is 0 Å². The van der Waals surface area contributed by atoms with Gasteiger partial charge in [0, 0.05) is 69.2 Å². The third-order valence-corrected chi connectivity index (χ3v) is 7.05. The lowest BCUT2D eigenvalue weighted by Crippen LogP contribution is -2.58. The Balaban J connectivity index is 1.29. The first-order valence-electron chi connectivity index (χ1n) is 10.3. The Morgan fingerprint density at radius 2 is 2.03 bits per heavy atom. The number of benzene rings is 1. The first kappa shape index (κ1) is 18.7. The standard InChI is InChI=1S/C21H26N4O4/c26-9-15-8-24(12-21(15)10-22-11-21)6-13-1-2-16-14(5-13)7-25(20(16)29)17-3-4-18(27)23-19(17)28/h1-2,5,15,17,22,26H,3-4,6-12H2,(H,23,27,28). The van der Waals surface area contributed by atoms with Gasteiger partial charge in [-0.3, -0.25) is 24.6 Å². The molecule has 3 saturated heterocycles. The predicted molar refractivity (Wildman–Crippen MR) is 104 cm³/mol. The summed E-state index contributed by atoms with van der Waals surface area (Å²) < 4.78 is 0. The number of hydrogen-bond acceptors (Lipinski definition) is 6. The van der Waals surface area contributed by atoms with E-state index in [0.29, 0.717) is 24.4 Å². The maximum Gasteiger partial charge on any atom is 0.255 e. The normalized spacial score (nSPS) is 28.6. The van der Waals surface area contributed by atoms with Crippen LogP contribution in [0.3, 0.4) is 0 Å².